The standard InChI is InChI=1S/C9H11NO2/c1-7(11)9-4-2-8(3-5-9)6-12-10/h2-5H,6,10H2,1H3. The van der Waals surface area contributed by atoms with Crippen LogP contribution < -0.4 is 5.90 Å². The lowest BCUT2D eigenvalue weighted by Crippen LogP contribution is -1.99. The van der Waals surface area contributed by atoms with Crippen LogP contribution in [0.15, 0.2) is 24.3 Å². The van der Waals surface area contributed by atoms with Crippen LogP contribution in [0.1, 0.15) is 22.8 Å². The molecule has 0 aliphatic heterocycles. The van der Waals surface area contributed by atoms with Crippen LogP contribution in [0.25, 0.3) is 0 Å². The normalized spacial score (nSPS) is 9.83. The number of benzene rings is 1. The van der Waals surface area contributed by atoms with E-state index in [-0.39, 0.29) is 5.78 Å². The molecule has 0 radical (unpaired) electrons. The fraction of sp³-hybridized carbons (Fsp3) is 0.222. The average molecular weight is 165 g/mol. The SMILES string of the molecule is CC(=O)c1ccc(CON)cc1. The first kappa shape index (κ1) is 8.90. The van der Waals surface area contributed by atoms with E-state index in [0.29, 0.717) is 12.2 Å². The molecule has 0 aromatic heterocycles. The van der Waals surface area contributed by atoms with Gasteiger partial charge in [0.25, 0.3) is 0 Å². The summed E-state index contributed by atoms with van der Waals surface area (Å²) in [5.74, 6) is 4.96. The van der Waals surface area contributed by atoms with Crippen molar-refractivity contribution in [3.05, 3.63) is 35.4 Å². The lowest BCUT2D eigenvalue weighted by atomic mass is 10.1. The molecule has 64 valence electrons. The summed E-state index contributed by atoms with van der Waals surface area (Å²) >= 11 is 0. The van der Waals surface area contributed by atoms with Gasteiger partial charge in [-0.2, -0.15) is 0 Å². The van der Waals surface area contributed by atoms with Crippen molar-refractivity contribution in [2.75, 3.05) is 0 Å². The second-order valence-corrected chi connectivity index (χ2v) is 2.56. The number of ketones is 1. The molecular formula is C9H11NO2. The van der Waals surface area contributed by atoms with Crippen molar-refractivity contribution in [3.8, 4) is 0 Å². The molecule has 0 spiro atoms. The lowest BCUT2D eigenvalue weighted by Gasteiger charge is -1.99. The summed E-state index contributed by atoms with van der Waals surface area (Å²) in [6.07, 6.45) is 0. The zero-order valence-corrected chi connectivity index (χ0v) is 6.91. The molecule has 1 aromatic rings. The third-order valence-electron chi connectivity index (χ3n) is 1.61. The third kappa shape index (κ3) is 2.15. The first-order valence-corrected chi connectivity index (χ1v) is 3.65. The van der Waals surface area contributed by atoms with E-state index in [1.807, 2.05) is 12.1 Å². The number of carbonyl (C=O) groups is 1. The van der Waals surface area contributed by atoms with Gasteiger partial charge in [-0.15, -0.1) is 0 Å². The zero-order valence-electron chi connectivity index (χ0n) is 6.91. The minimum Gasteiger partial charge on any atom is -0.300 e. The van der Waals surface area contributed by atoms with Gasteiger partial charge in [-0.05, 0) is 12.5 Å². The van der Waals surface area contributed by atoms with Gasteiger partial charge in [0, 0.05) is 5.56 Å². The van der Waals surface area contributed by atoms with Crippen molar-refractivity contribution in [1.82, 2.24) is 0 Å². The van der Waals surface area contributed by atoms with Gasteiger partial charge in [-0.25, -0.2) is 5.90 Å². The number of hydrogen-bond acceptors (Lipinski definition) is 3. The minimum atomic E-state index is 0.0650. The first-order valence-electron chi connectivity index (χ1n) is 3.65. The highest BCUT2D eigenvalue weighted by Crippen LogP contribution is 2.05. The van der Waals surface area contributed by atoms with Gasteiger partial charge < -0.3 is 0 Å². The molecule has 3 nitrogen and oxygen atoms in total. The largest absolute Gasteiger partial charge is 0.300 e. The van der Waals surface area contributed by atoms with Gasteiger partial charge in [0.15, 0.2) is 5.78 Å². The van der Waals surface area contributed by atoms with Gasteiger partial charge in [0.05, 0.1) is 6.61 Å². The molecule has 1 aromatic carbocycles. The van der Waals surface area contributed by atoms with E-state index < -0.39 is 0 Å². The molecular weight excluding hydrogens is 154 g/mol. The van der Waals surface area contributed by atoms with Crippen LogP contribution in [0, 0.1) is 0 Å². The van der Waals surface area contributed by atoms with E-state index in [4.69, 9.17) is 5.90 Å². The summed E-state index contributed by atoms with van der Waals surface area (Å²) in [4.78, 5) is 15.3. The molecule has 3 heteroatoms. The molecule has 0 fully saturated rings. The number of nitrogens with two attached hydrogens (primary N) is 1. The second kappa shape index (κ2) is 3.99. The Balaban J connectivity index is 2.78. The van der Waals surface area contributed by atoms with E-state index in [1.165, 1.54) is 6.92 Å². The quantitative estimate of drug-likeness (QED) is 0.542. The van der Waals surface area contributed by atoms with Crippen molar-refractivity contribution >= 4 is 5.78 Å². The molecule has 0 aliphatic rings. The molecule has 1 rings (SSSR count). The number of rotatable bonds is 3. The van der Waals surface area contributed by atoms with E-state index in [0.717, 1.165) is 5.56 Å². The maximum absolute atomic E-state index is 10.9. The zero-order chi connectivity index (χ0) is 8.97. The van der Waals surface area contributed by atoms with Crippen LogP contribution >= 0.6 is 0 Å². The number of carbonyl (C=O) groups excluding carboxylic acids is 1. The van der Waals surface area contributed by atoms with Crippen molar-refractivity contribution in [3.63, 3.8) is 0 Å². The van der Waals surface area contributed by atoms with Crippen LogP contribution in [0.2, 0.25) is 0 Å². The first-order chi connectivity index (χ1) is 5.74. The van der Waals surface area contributed by atoms with Gasteiger partial charge >= 0.3 is 0 Å². The molecule has 0 unspecified atom stereocenters. The fourth-order valence-corrected chi connectivity index (χ4v) is 0.932. The van der Waals surface area contributed by atoms with E-state index >= 15 is 0 Å². The fourth-order valence-electron chi connectivity index (χ4n) is 0.932. The molecule has 0 saturated heterocycles. The Kier molecular flexibility index (Phi) is 2.96. The monoisotopic (exact) mass is 165 g/mol. The molecule has 0 bridgehead atoms. The summed E-state index contributed by atoms with van der Waals surface area (Å²) in [6, 6.07) is 7.17. The Morgan fingerprint density at radius 2 is 2.00 bits per heavy atom. The topological polar surface area (TPSA) is 52.3 Å². The van der Waals surface area contributed by atoms with Gasteiger partial charge in [0.2, 0.25) is 0 Å². The highest BCUT2D eigenvalue weighted by Gasteiger charge is 1.97. The summed E-state index contributed by atoms with van der Waals surface area (Å²) in [7, 11) is 0. The van der Waals surface area contributed by atoms with Gasteiger partial charge in [-0.3, -0.25) is 9.63 Å². The second-order valence-electron chi connectivity index (χ2n) is 2.56. The summed E-state index contributed by atoms with van der Waals surface area (Å²) in [5.41, 5.74) is 1.67. The molecule has 0 saturated carbocycles. The Labute approximate surface area is 71.1 Å². The van der Waals surface area contributed by atoms with Crippen LogP contribution in [0.4, 0.5) is 0 Å². The summed E-state index contributed by atoms with van der Waals surface area (Å²) in [6.45, 7) is 1.91. The maximum atomic E-state index is 10.9. The summed E-state index contributed by atoms with van der Waals surface area (Å²) < 4.78 is 0. The molecule has 0 atom stereocenters. The summed E-state index contributed by atoms with van der Waals surface area (Å²) in [5, 5.41) is 0. The molecule has 2 N–H and O–H groups in total. The van der Waals surface area contributed by atoms with Crippen molar-refractivity contribution in [1.29, 1.82) is 0 Å². The van der Waals surface area contributed by atoms with Crippen molar-refractivity contribution in [2.45, 2.75) is 13.5 Å². The van der Waals surface area contributed by atoms with Crippen molar-refractivity contribution in [2.24, 2.45) is 5.90 Å². The van der Waals surface area contributed by atoms with Crippen molar-refractivity contribution < 1.29 is 9.63 Å². The lowest BCUT2D eigenvalue weighted by molar-refractivity contribution is 0.101. The predicted molar refractivity (Wildman–Crippen MR) is 45.4 cm³/mol. The van der Waals surface area contributed by atoms with Gasteiger partial charge in [0.1, 0.15) is 0 Å². The Bertz CT molecular complexity index is 266. The van der Waals surface area contributed by atoms with Crippen LogP contribution in [0.5, 0.6) is 0 Å². The van der Waals surface area contributed by atoms with Crippen LogP contribution in [0.3, 0.4) is 0 Å². The van der Waals surface area contributed by atoms with E-state index in [1.54, 1.807) is 12.1 Å². The third-order valence-corrected chi connectivity index (χ3v) is 1.61. The van der Waals surface area contributed by atoms with Crippen LogP contribution in [-0.4, -0.2) is 5.78 Å². The average Bonchev–Trinajstić information content (AvgIpc) is 2.06. The Morgan fingerprint density at radius 1 is 1.42 bits per heavy atom. The van der Waals surface area contributed by atoms with Crippen LogP contribution in [-0.2, 0) is 11.4 Å². The smallest absolute Gasteiger partial charge is 0.159 e. The molecule has 12 heavy (non-hydrogen) atoms. The maximum Gasteiger partial charge on any atom is 0.159 e. The number of Topliss-reactive ketones (excluding diaryl/α,β-unsaturated/α-hetero) is 1. The van der Waals surface area contributed by atoms with Gasteiger partial charge in [-0.1, -0.05) is 24.3 Å². The highest BCUT2D eigenvalue weighted by atomic mass is 16.6. The Morgan fingerprint density at radius 3 is 2.42 bits per heavy atom. The molecule has 0 aliphatic carbocycles. The Hall–Kier alpha value is -1.19. The highest BCUT2D eigenvalue weighted by molar-refractivity contribution is 5.93. The van der Waals surface area contributed by atoms with E-state index in [2.05, 4.69) is 4.84 Å². The molecule has 0 heterocycles. The minimum absolute atomic E-state index is 0.0650. The molecule has 0 amide bonds. The number of hydrogen-bond donors (Lipinski definition) is 1. The van der Waals surface area contributed by atoms with E-state index in [9.17, 15) is 4.79 Å². The predicted octanol–water partition coefficient (Wildman–Crippen LogP) is 1.28.